The van der Waals surface area contributed by atoms with Crippen LogP contribution in [0.15, 0.2) is 18.2 Å². The van der Waals surface area contributed by atoms with Crippen molar-refractivity contribution in [2.75, 3.05) is 21.3 Å². The monoisotopic (exact) mass is 325 g/mol. The van der Waals surface area contributed by atoms with E-state index in [9.17, 15) is 0 Å². The molecule has 1 heterocycles. The van der Waals surface area contributed by atoms with Crippen molar-refractivity contribution in [3.63, 3.8) is 0 Å². The molecule has 1 unspecified atom stereocenters. The van der Waals surface area contributed by atoms with Crippen LogP contribution < -0.4 is 14.8 Å². The van der Waals surface area contributed by atoms with Crippen molar-refractivity contribution in [2.45, 2.75) is 19.9 Å². The van der Waals surface area contributed by atoms with Gasteiger partial charge in [-0.3, -0.25) is 0 Å². The Morgan fingerprint density at radius 3 is 2.38 bits per heavy atom. The lowest BCUT2D eigenvalue weighted by atomic mass is 10.0. The minimum atomic E-state index is 0.0424. The highest BCUT2D eigenvalue weighted by molar-refractivity contribution is 7.12. The number of benzene rings is 1. The molecule has 1 atom stereocenters. The molecule has 1 aromatic heterocycles. The van der Waals surface area contributed by atoms with Crippen LogP contribution in [-0.4, -0.2) is 21.3 Å². The van der Waals surface area contributed by atoms with Gasteiger partial charge in [0, 0.05) is 15.3 Å². The standard InChI is InChI=1S/C16H20ClNO2S/c1-9-8-13(21-10(9)2)15(18-3)11-6-7-12(19-4)14(17)16(11)20-5/h6-8,15,18H,1-5H3. The molecule has 3 nitrogen and oxygen atoms in total. The predicted molar refractivity (Wildman–Crippen MR) is 89.3 cm³/mol. The zero-order valence-corrected chi connectivity index (χ0v) is 14.5. The molecule has 0 saturated heterocycles. The first-order valence-electron chi connectivity index (χ1n) is 6.68. The SMILES string of the molecule is CNC(c1cc(C)c(C)s1)c1ccc(OC)c(Cl)c1OC. The number of nitrogens with one attached hydrogen (secondary N) is 1. The number of ether oxygens (including phenoxy) is 2. The van der Waals surface area contributed by atoms with Crippen molar-refractivity contribution in [2.24, 2.45) is 0 Å². The number of rotatable bonds is 5. The summed E-state index contributed by atoms with van der Waals surface area (Å²) in [4.78, 5) is 2.57. The second kappa shape index (κ2) is 6.69. The van der Waals surface area contributed by atoms with Gasteiger partial charge in [0.15, 0.2) is 0 Å². The van der Waals surface area contributed by atoms with Crippen LogP contribution >= 0.6 is 22.9 Å². The number of hydrogen-bond donors (Lipinski definition) is 1. The van der Waals surface area contributed by atoms with E-state index in [0.717, 1.165) is 5.56 Å². The summed E-state index contributed by atoms with van der Waals surface area (Å²) in [6.45, 7) is 4.26. The quantitative estimate of drug-likeness (QED) is 0.886. The third-order valence-corrected chi connectivity index (χ3v) is 5.16. The molecule has 0 aliphatic heterocycles. The van der Waals surface area contributed by atoms with Gasteiger partial charge in [-0.15, -0.1) is 11.3 Å². The smallest absolute Gasteiger partial charge is 0.146 e. The van der Waals surface area contributed by atoms with Crippen molar-refractivity contribution in [3.05, 3.63) is 44.1 Å². The molecular formula is C16H20ClNO2S. The van der Waals surface area contributed by atoms with E-state index in [0.29, 0.717) is 16.5 Å². The average Bonchev–Trinajstić information content (AvgIpc) is 2.79. The average molecular weight is 326 g/mol. The third kappa shape index (κ3) is 3.03. The van der Waals surface area contributed by atoms with E-state index in [4.69, 9.17) is 21.1 Å². The summed E-state index contributed by atoms with van der Waals surface area (Å²) >= 11 is 8.15. The largest absolute Gasteiger partial charge is 0.495 e. The third-order valence-electron chi connectivity index (χ3n) is 3.59. The fourth-order valence-electron chi connectivity index (χ4n) is 2.34. The Morgan fingerprint density at radius 2 is 1.90 bits per heavy atom. The lowest BCUT2D eigenvalue weighted by Crippen LogP contribution is -2.17. The minimum Gasteiger partial charge on any atom is -0.495 e. The number of thiophene rings is 1. The Hall–Kier alpha value is -1.23. The van der Waals surface area contributed by atoms with E-state index < -0.39 is 0 Å². The molecular weight excluding hydrogens is 306 g/mol. The molecule has 114 valence electrons. The van der Waals surface area contributed by atoms with Gasteiger partial charge in [-0.2, -0.15) is 0 Å². The van der Waals surface area contributed by atoms with Crippen LogP contribution in [0.4, 0.5) is 0 Å². The summed E-state index contributed by atoms with van der Waals surface area (Å²) in [6.07, 6.45) is 0. The minimum absolute atomic E-state index is 0.0424. The summed E-state index contributed by atoms with van der Waals surface area (Å²) in [7, 11) is 5.16. The first kappa shape index (κ1) is 16.1. The molecule has 2 rings (SSSR count). The van der Waals surface area contributed by atoms with Crippen LogP contribution in [0.25, 0.3) is 0 Å². The highest BCUT2D eigenvalue weighted by atomic mass is 35.5. The molecule has 0 saturated carbocycles. The van der Waals surface area contributed by atoms with Crippen LogP contribution in [0.3, 0.4) is 0 Å². The molecule has 0 bridgehead atoms. The van der Waals surface area contributed by atoms with Crippen molar-refractivity contribution in [1.29, 1.82) is 0 Å². The van der Waals surface area contributed by atoms with Crippen molar-refractivity contribution in [3.8, 4) is 11.5 Å². The predicted octanol–water partition coefficient (Wildman–Crippen LogP) is 4.34. The normalized spacial score (nSPS) is 12.3. The van der Waals surface area contributed by atoms with E-state index in [1.165, 1.54) is 15.3 Å². The Kier molecular flexibility index (Phi) is 5.14. The molecule has 0 spiro atoms. The number of aryl methyl sites for hydroxylation is 2. The van der Waals surface area contributed by atoms with Crippen LogP contribution in [0.2, 0.25) is 5.02 Å². The second-order valence-corrected chi connectivity index (χ2v) is 6.48. The molecule has 0 aliphatic carbocycles. The summed E-state index contributed by atoms with van der Waals surface area (Å²) in [5, 5.41) is 3.85. The Balaban J connectivity index is 2.54. The van der Waals surface area contributed by atoms with E-state index >= 15 is 0 Å². The van der Waals surface area contributed by atoms with E-state index in [-0.39, 0.29) is 6.04 Å². The topological polar surface area (TPSA) is 30.5 Å². The van der Waals surface area contributed by atoms with Gasteiger partial charge in [0.1, 0.15) is 16.5 Å². The van der Waals surface area contributed by atoms with Gasteiger partial charge in [-0.25, -0.2) is 0 Å². The van der Waals surface area contributed by atoms with Gasteiger partial charge < -0.3 is 14.8 Å². The maximum Gasteiger partial charge on any atom is 0.146 e. The Morgan fingerprint density at radius 1 is 1.19 bits per heavy atom. The number of methoxy groups -OCH3 is 2. The van der Waals surface area contributed by atoms with Crippen molar-refractivity contribution >= 4 is 22.9 Å². The highest BCUT2D eigenvalue weighted by Gasteiger charge is 2.22. The fourth-order valence-corrected chi connectivity index (χ4v) is 3.84. The number of halogens is 1. The van der Waals surface area contributed by atoms with Crippen molar-refractivity contribution < 1.29 is 9.47 Å². The Labute approximate surface area is 134 Å². The maximum atomic E-state index is 6.36. The molecule has 0 aliphatic rings. The van der Waals surface area contributed by atoms with Gasteiger partial charge in [0.25, 0.3) is 0 Å². The van der Waals surface area contributed by atoms with E-state index in [1.807, 2.05) is 19.2 Å². The van der Waals surface area contributed by atoms with Crippen molar-refractivity contribution in [1.82, 2.24) is 5.32 Å². The summed E-state index contributed by atoms with van der Waals surface area (Å²) < 4.78 is 10.8. The molecule has 5 heteroatoms. The Bertz CT molecular complexity index is 620. The maximum absolute atomic E-state index is 6.36. The lowest BCUT2D eigenvalue weighted by Gasteiger charge is -2.20. The molecule has 1 aromatic carbocycles. The number of hydrogen-bond acceptors (Lipinski definition) is 4. The fraction of sp³-hybridized carbons (Fsp3) is 0.375. The summed E-state index contributed by atoms with van der Waals surface area (Å²) in [5.41, 5.74) is 2.31. The summed E-state index contributed by atoms with van der Waals surface area (Å²) in [6, 6.07) is 6.12. The van der Waals surface area contributed by atoms with Gasteiger partial charge in [0.2, 0.25) is 0 Å². The molecule has 2 aromatic rings. The molecule has 0 amide bonds. The van der Waals surface area contributed by atoms with E-state index in [1.54, 1.807) is 25.6 Å². The molecule has 21 heavy (non-hydrogen) atoms. The lowest BCUT2D eigenvalue weighted by molar-refractivity contribution is 0.389. The van der Waals surface area contributed by atoms with Crippen LogP contribution in [0.1, 0.15) is 26.9 Å². The molecule has 0 fully saturated rings. The van der Waals surface area contributed by atoms with Gasteiger partial charge in [-0.1, -0.05) is 11.6 Å². The zero-order valence-electron chi connectivity index (χ0n) is 12.9. The van der Waals surface area contributed by atoms with Gasteiger partial charge >= 0.3 is 0 Å². The zero-order chi connectivity index (χ0) is 15.6. The molecule has 1 N–H and O–H groups in total. The van der Waals surface area contributed by atoms with Crippen LogP contribution in [0.5, 0.6) is 11.5 Å². The van der Waals surface area contributed by atoms with Crippen LogP contribution in [-0.2, 0) is 0 Å². The van der Waals surface area contributed by atoms with Crippen LogP contribution in [0, 0.1) is 13.8 Å². The summed E-state index contributed by atoms with van der Waals surface area (Å²) in [5.74, 6) is 1.27. The molecule has 0 radical (unpaired) electrons. The first-order chi connectivity index (χ1) is 10.0. The van der Waals surface area contributed by atoms with Gasteiger partial charge in [0.05, 0.1) is 20.3 Å². The van der Waals surface area contributed by atoms with Gasteiger partial charge in [-0.05, 0) is 44.7 Å². The van der Waals surface area contributed by atoms with E-state index in [2.05, 4.69) is 25.2 Å². The first-order valence-corrected chi connectivity index (χ1v) is 7.87. The highest BCUT2D eigenvalue weighted by Crippen LogP contribution is 2.42. The second-order valence-electron chi connectivity index (χ2n) is 4.81.